The Balaban J connectivity index is 1.52. The number of sulfone groups is 1. The number of benzene rings is 1. The molecule has 30 heavy (non-hydrogen) atoms. The summed E-state index contributed by atoms with van der Waals surface area (Å²) in [5.74, 6) is 0.818. The van der Waals surface area contributed by atoms with Crippen LogP contribution < -0.4 is 5.73 Å². The van der Waals surface area contributed by atoms with E-state index in [9.17, 15) is 13.5 Å². The molecule has 4 aliphatic heterocycles. The smallest absolute Gasteiger partial charge is 0.180 e. The molecule has 1 saturated heterocycles. The predicted octanol–water partition coefficient (Wildman–Crippen LogP) is 0.303. The molecule has 0 amide bonds. The minimum absolute atomic E-state index is 0.0499. The number of aliphatic hydroxyl groups excluding tert-OH is 1. The fourth-order valence-corrected chi connectivity index (χ4v) is 5.98. The first-order valence-electron chi connectivity index (χ1n) is 10.2. The van der Waals surface area contributed by atoms with Gasteiger partial charge in [-0.15, -0.1) is 0 Å². The molecule has 0 bridgehead atoms. The van der Waals surface area contributed by atoms with Crippen LogP contribution in [0, 0.1) is 0 Å². The minimum atomic E-state index is -3.33. The first kappa shape index (κ1) is 19.5. The van der Waals surface area contributed by atoms with Gasteiger partial charge in [0.15, 0.2) is 9.84 Å². The normalized spacial score (nSPS) is 30.1. The van der Waals surface area contributed by atoms with E-state index >= 15 is 0 Å². The first-order chi connectivity index (χ1) is 14.4. The van der Waals surface area contributed by atoms with Gasteiger partial charge < -0.3 is 20.6 Å². The second-order valence-corrected chi connectivity index (χ2v) is 10.2. The summed E-state index contributed by atoms with van der Waals surface area (Å²) in [6, 6.07) is 6.82. The second kappa shape index (κ2) is 7.33. The molecule has 1 aromatic rings. The molecular weight excluding hydrogens is 402 g/mol. The summed E-state index contributed by atoms with van der Waals surface area (Å²) in [6.45, 7) is 1.89. The van der Waals surface area contributed by atoms with E-state index in [2.05, 4.69) is 9.89 Å². The molecule has 1 fully saturated rings. The van der Waals surface area contributed by atoms with Crippen LogP contribution >= 0.6 is 0 Å². The molecule has 3 N–H and O–H groups in total. The highest BCUT2D eigenvalue weighted by Gasteiger charge is 2.36. The van der Waals surface area contributed by atoms with Crippen LogP contribution in [0.25, 0.3) is 0 Å². The van der Waals surface area contributed by atoms with Gasteiger partial charge in [-0.3, -0.25) is 9.98 Å². The van der Waals surface area contributed by atoms with E-state index in [1.165, 1.54) is 0 Å². The molecule has 4 heterocycles. The lowest BCUT2D eigenvalue weighted by Gasteiger charge is -2.34. The fraction of sp³-hybridized carbons (Fsp3) is 0.429. The molecule has 1 aromatic carbocycles. The number of nitrogens with two attached hydrogens (primary N) is 1. The molecule has 0 radical (unpaired) electrons. The number of β-amino-alcohol motifs (C(OH)–C–C–N with tert-alkyl or cyclic N) is 1. The molecule has 0 saturated carbocycles. The standard InChI is InChI=1S/C21H25N5O3S/c22-16-12-26(13-19(16)27)18-9-21(24-17-5-6-23-10-15(17)18)25-7-8-30(28,29)20-4-2-1-3-14(20)11-25/h1-4,6,9-10,16-17,19,27H,5,7-8,11-13,22H2. The second-order valence-electron chi connectivity index (χ2n) is 8.17. The summed E-state index contributed by atoms with van der Waals surface area (Å²) in [6.07, 6.45) is 5.80. The van der Waals surface area contributed by atoms with Crippen LogP contribution in [0.5, 0.6) is 0 Å². The van der Waals surface area contributed by atoms with Crippen molar-refractivity contribution in [1.82, 2.24) is 9.80 Å². The SMILES string of the molecule is NC1CN(C2=CC(N3CCS(=O)(=O)c4ccccc4C3)=NC3CC=NC=C23)CC1O. The summed E-state index contributed by atoms with van der Waals surface area (Å²) in [7, 11) is -3.33. The Morgan fingerprint density at radius 3 is 2.80 bits per heavy atom. The first-order valence-corrected chi connectivity index (χ1v) is 11.8. The van der Waals surface area contributed by atoms with E-state index in [-0.39, 0.29) is 17.8 Å². The van der Waals surface area contributed by atoms with Gasteiger partial charge in [-0.25, -0.2) is 8.42 Å². The van der Waals surface area contributed by atoms with Gasteiger partial charge in [0.2, 0.25) is 0 Å². The molecule has 158 valence electrons. The van der Waals surface area contributed by atoms with Crippen LogP contribution in [-0.4, -0.2) is 78.9 Å². The van der Waals surface area contributed by atoms with Crippen LogP contribution in [0.1, 0.15) is 12.0 Å². The van der Waals surface area contributed by atoms with Crippen molar-refractivity contribution >= 4 is 21.9 Å². The summed E-state index contributed by atoms with van der Waals surface area (Å²) in [5, 5.41) is 10.2. The zero-order valence-corrected chi connectivity index (χ0v) is 17.4. The quantitative estimate of drug-likeness (QED) is 0.667. The Kier molecular flexibility index (Phi) is 4.76. The molecule has 0 spiro atoms. The lowest BCUT2D eigenvalue weighted by molar-refractivity contribution is 0.170. The molecule has 9 heteroatoms. The molecule has 4 aliphatic rings. The van der Waals surface area contributed by atoms with Crippen molar-refractivity contribution < 1.29 is 13.5 Å². The van der Waals surface area contributed by atoms with E-state index in [1.807, 2.05) is 35.5 Å². The van der Waals surface area contributed by atoms with Crippen LogP contribution in [0.2, 0.25) is 0 Å². The Hall–Kier alpha value is -2.49. The number of likely N-dealkylation sites (tertiary alicyclic amines) is 1. The van der Waals surface area contributed by atoms with Gasteiger partial charge in [-0.2, -0.15) is 0 Å². The highest BCUT2D eigenvalue weighted by Crippen LogP contribution is 2.32. The van der Waals surface area contributed by atoms with Gasteiger partial charge in [-0.05, 0) is 11.6 Å². The van der Waals surface area contributed by atoms with Crippen LogP contribution in [0.4, 0.5) is 0 Å². The van der Waals surface area contributed by atoms with Gasteiger partial charge in [0.25, 0.3) is 0 Å². The van der Waals surface area contributed by atoms with Crippen LogP contribution in [-0.2, 0) is 16.4 Å². The third-order valence-corrected chi connectivity index (χ3v) is 7.94. The predicted molar refractivity (Wildman–Crippen MR) is 115 cm³/mol. The van der Waals surface area contributed by atoms with E-state index in [4.69, 9.17) is 10.7 Å². The van der Waals surface area contributed by atoms with E-state index in [0.717, 1.165) is 22.7 Å². The number of aliphatic hydroxyl groups is 1. The largest absolute Gasteiger partial charge is 0.390 e. The Bertz CT molecular complexity index is 1080. The molecule has 8 nitrogen and oxygen atoms in total. The summed E-state index contributed by atoms with van der Waals surface area (Å²) >= 11 is 0. The molecule has 5 rings (SSSR count). The highest BCUT2D eigenvalue weighted by molar-refractivity contribution is 7.91. The topological polar surface area (TPSA) is 112 Å². The fourth-order valence-electron chi connectivity index (χ4n) is 4.48. The zero-order valence-electron chi connectivity index (χ0n) is 16.6. The van der Waals surface area contributed by atoms with Gasteiger partial charge in [-0.1, -0.05) is 18.2 Å². The van der Waals surface area contributed by atoms with Gasteiger partial charge in [0, 0.05) is 68.4 Å². The third kappa shape index (κ3) is 3.36. The summed E-state index contributed by atoms with van der Waals surface area (Å²) in [5.41, 5.74) is 8.82. The maximum atomic E-state index is 12.7. The monoisotopic (exact) mass is 427 g/mol. The van der Waals surface area contributed by atoms with E-state index in [0.29, 0.717) is 37.5 Å². The van der Waals surface area contributed by atoms with Crippen molar-refractivity contribution in [2.24, 2.45) is 15.7 Å². The lowest BCUT2D eigenvalue weighted by Crippen LogP contribution is -2.38. The number of aliphatic imine (C=N–C) groups is 2. The maximum absolute atomic E-state index is 12.7. The highest BCUT2D eigenvalue weighted by atomic mass is 32.2. The average Bonchev–Trinajstić information content (AvgIpc) is 3.01. The van der Waals surface area contributed by atoms with Gasteiger partial charge >= 0.3 is 0 Å². The number of hydrogen-bond donors (Lipinski definition) is 2. The van der Waals surface area contributed by atoms with Gasteiger partial charge in [0.05, 0.1) is 22.8 Å². The number of hydrogen-bond acceptors (Lipinski definition) is 8. The molecule has 0 aliphatic carbocycles. The molecule has 3 atom stereocenters. The van der Waals surface area contributed by atoms with E-state index in [1.54, 1.807) is 12.1 Å². The third-order valence-electron chi connectivity index (χ3n) is 6.15. The molecular formula is C21H25N5O3S. The zero-order chi connectivity index (χ0) is 20.9. The van der Waals surface area contributed by atoms with Crippen LogP contribution in [0.3, 0.4) is 0 Å². The van der Waals surface area contributed by atoms with Crippen molar-refractivity contribution in [3.05, 3.63) is 53.4 Å². The number of fused-ring (bicyclic) bond motifs is 2. The van der Waals surface area contributed by atoms with Crippen LogP contribution in [0.15, 0.2) is 62.7 Å². The number of amidine groups is 1. The number of rotatable bonds is 1. The number of dihydropyridines is 1. The van der Waals surface area contributed by atoms with E-state index < -0.39 is 15.9 Å². The Morgan fingerprint density at radius 1 is 1.17 bits per heavy atom. The lowest BCUT2D eigenvalue weighted by atomic mass is 9.96. The Morgan fingerprint density at radius 2 is 2.00 bits per heavy atom. The van der Waals surface area contributed by atoms with Crippen molar-refractivity contribution in [1.29, 1.82) is 0 Å². The van der Waals surface area contributed by atoms with Crippen molar-refractivity contribution in [3.8, 4) is 0 Å². The summed E-state index contributed by atoms with van der Waals surface area (Å²) < 4.78 is 25.5. The van der Waals surface area contributed by atoms with Gasteiger partial charge in [0.1, 0.15) is 5.84 Å². The minimum Gasteiger partial charge on any atom is -0.390 e. The summed E-state index contributed by atoms with van der Waals surface area (Å²) in [4.78, 5) is 13.8. The number of nitrogens with zero attached hydrogens (tertiary/aromatic N) is 4. The van der Waals surface area contributed by atoms with Crippen molar-refractivity contribution in [3.63, 3.8) is 0 Å². The van der Waals surface area contributed by atoms with Crippen molar-refractivity contribution in [2.75, 3.05) is 25.4 Å². The average molecular weight is 428 g/mol. The van der Waals surface area contributed by atoms with Crippen molar-refractivity contribution in [2.45, 2.75) is 36.0 Å². The Labute approximate surface area is 176 Å². The molecule has 3 unspecified atom stereocenters. The maximum Gasteiger partial charge on any atom is 0.180 e. The molecule has 0 aromatic heterocycles.